The van der Waals surface area contributed by atoms with Crippen LogP contribution >= 0.6 is 0 Å². The highest BCUT2D eigenvalue weighted by molar-refractivity contribution is 4.86. The maximum atomic E-state index is 5.90. The minimum absolute atomic E-state index is 0.221. The van der Waals surface area contributed by atoms with Gasteiger partial charge in [-0.1, -0.05) is 33.6 Å². The van der Waals surface area contributed by atoms with Crippen molar-refractivity contribution in [3.05, 3.63) is 0 Å². The monoisotopic (exact) mass is 200 g/mol. The molecule has 2 nitrogen and oxygen atoms in total. The van der Waals surface area contributed by atoms with E-state index in [1.54, 1.807) is 0 Å². The second kappa shape index (κ2) is 7.24. The molecule has 1 atom stereocenters. The Hall–Kier alpha value is -0.0800. The third-order valence-corrected chi connectivity index (χ3v) is 3.16. The third kappa shape index (κ3) is 3.97. The van der Waals surface area contributed by atoms with Crippen molar-refractivity contribution in [1.29, 1.82) is 0 Å². The molecule has 0 aromatic rings. The molecule has 0 aromatic carbocycles. The fourth-order valence-corrected chi connectivity index (χ4v) is 2.09. The lowest BCUT2D eigenvalue weighted by Crippen LogP contribution is -2.51. The fourth-order valence-electron chi connectivity index (χ4n) is 2.09. The Morgan fingerprint density at radius 3 is 2.14 bits per heavy atom. The van der Waals surface area contributed by atoms with Crippen LogP contribution in [0.5, 0.6) is 0 Å². The average molecular weight is 200 g/mol. The van der Waals surface area contributed by atoms with Crippen LogP contribution in [0.3, 0.4) is 0 Å². The zero-order valence-electron chi connectivity index (χ0n) is 10.5. The number of hydrogen-bond acceptors (Lipinski definition) is 2. The maximum absolute atomic E-state index is 5.90. The van der Waals surface area contributed by atoms with Gasteiger partial charge in [0.05, 0.1) is 0 Å². The van der Waals surface area contributed by atoms with Gasteiger partial charge in [-0.05, 0) is 32.9 Å². The predicted molar refractivity (Wildman–Crippen MR) is 64.5 cm³/mol. The second-order valence-electron chi connectivity index (χ2n) is 4.38. The van der Waals surface area contributed by atoms with E-state index in [4.69, 9.17) is 5.73 Å². The summed E-state index contributed by atoms with van der Waals surface area (Å²) in [5.74, 6) is 0. The molecule has 1 unspecified atom stereocenters. The summed E-state index contributed by atoms with van der Waals surface area (Å²) in [5, 5.41) is 0. The van der Waals surface area contributed by atoms with Crippen molar-refractivity contribution in [3.63, 3.8) is 0 Å². The smallest absolute Gasteiger partial charge is 0.0303 e. The molecule has 0 rings (SSSR count). The van der Waals surface area contributed by atoms with Gasteiger partial charge >= 0.3 is 0 Å². The minimum Gasteiger partial charge on any atom is -0.329 e. The zero-order chi connectivity index (χ0) is 11.0. The molecule has 0 bridgehead atoms. The minimum atomic E-state index is 0.221. The summed E-state index contributed by atoms with van der Waals surface area (Å²) in [6.07, 6.45) is 4.98. The largest absolute Gasteiger partial charge is 0.329 e. The van der Waals surface area contributed by atoms with Crippen molar-refractivity contribution >= 4 is 0 Å². The molecule has 14 heavy (non-hydrogen) atoms. The number of likely N-dealkylation sites (N-methyl/N-ethyl adjacent to an activating group) is 1. The van der Waals surface area contributed by atoms with Crippen LogP contribution in [-0.2, 0) is 0 Å². The van der Waals surface area contributed by atoms with E-state index in [2.05, 4.69) is 32.6 Å². The van der Waals surface area contributed by atoms with Crippen molar-refractivity contribution in [2.24, 2.45) is 5.73 Å². The van der Waals surface area contributed by atoms with Crippen LogP contribution in [-0.4, -0.2) is 30.1 Å². The van der Waals surface area contributed by atoms with Gasteiger partial charge in [0.25, 0.3) is 0 Å². The summed E-state index contributed by atoms with van der Waals surface area (Å²) >= 11 is 0. The van der Waals surface area contributed by atoms with Crippen molar-refractivity contribution in [3.8, 4) is 0 Å². The summed E-state index contributed by atoms with van der Waals surface area (Å²) in [6.45, 7) is 12.1. The highest BCUT2D eigenvalue weighted by atomic mass is 15.2. The molecule has 0 aliphatic heterocycles. The van der Waals surface area contributed by atoms with E-state index in [1.165, 1.54) is 32.2 Å². The van der Waals surface area contributed by atoms with Gasteiger partial charge in [0.2, 0.25) is 0 Å². The molecular weight excluding hydrogens is 172 g/mol. The van der Waals surface area contributed by atoms with Crippen LogP contribution in [0.15, 0.2) is 0 Å². The first-order valence-corrected chi connectivity index (χ1v) is 6.09. The van der Waals surface area contributed by atoms with Crippen molar-refractivity contribution in [2.45, 2.75) is 58.9 Å². The number of unbranched alkanes of at least 4 members (excludes halogenated alkanes) is 1. The number of nitrogens with two attached hydrogens (primary N) is 1. The van der Waals surface area contributed by atoms with Gasteiger partial charge in [-0.3, -0.25) is 4.90 Å². The molecule has 86 valence electrons. The van der Waals surface area contributed by atoms with E-state index < -0.39 is 0 Å². The lowest BCUT2D eigenvalue weighted by Gasteiger charge is -2.40. The molecule has 0 saturated carbocycles. The van der Waals surface area contributed by atoms with Crippen LogP contribution < -0.4 is 5.73 Å². The van der Waals surface area contributed by atoms with Crippen molar-refractivity contribution in [2.75, 3.05) is 19.6 Å². The molecule has 0 spiro atoms. The van der Waals surface area contributed by atoms with Crippen LogP contribution in [0.1, 0.15) is 53.4 Å². The standard InChI is InChI=1S/C12H28N2/c1-5-8-10-14(7-3)12(4,11-13)9-6-2/h5-11,13H2,1-4H3. The Balaban J connectivity index is 4.26. The average Bonchev–Trinajstić information content (AvgIpc) is 2.19. The Morgan fingerprint density at radius 2 is 1.79 bits per heavy atom. The molecule has 0 fully saturated rings. The molecule has 0 aliphatic carbocycles. The molecule has 0 aliphatic rings. The molecule has 2 heteroatoms. The van der Waals surface area contributed by atoms with Crippen molar-refractivity contribution in [1.82, 2.24) is 4.90 Å². The van der Waals surface area contributed by atoms with Crippen LogP contribution in [0.4, 0.5) is 0 Å². The summed E-state index contributed by atoms with van der Waals surface area (Å²) in [7, 11) is 0. The third-order valence-electron chi connectivity index (χ3n) is 3.16. The Labute approximate surface area is 89.9 Å². The van der Waals surface area contributed by atoms with Crippen LogP contribution in [0.2, 0.25) is 0 Å². The summed E-state index contributed by atoms with van der Waals surface area (Å²) in [6, 6.07) is 0. The molecule has 0 saturated heterocycles. The van der Waals surface area contributed by atoms with Gasteiger partial charge in [0.15, 0.2) is 0 Å². The zero-order valence-corrected chi connectivity index (χ0v) is 10.5. The predicted octanol–water partition coefficient (Wildman–Crippen LogP) is 2.63. The normalized spacial score (nSPS) is 15.9. The second-order valence-corrected chi connectivity index (χ2v) is 4.38. The Bertz CT molecular complexity index is 136. The van der Waals surface area contributed by atoms with Crippen LogP contribution in [0.25, 0.3) is 0 Å². The van der Waals surface area contributed by atoms with Crippen LogP contribution in [0, 0.1) is 0 Å². The first kappa shape index (κ1) is 13.9. The summed E-state index contributed by atoms with van der Waals surface area (Å²) in [4.78, 5) is 2.54. The molecule has 2 N–H and O–H groups in total. The van der Waals surface area contributed by atoms with E-state index in [9.17, 15) is 0 Å². The topological polar surface area (TPSA) is 29.3 Å². The first-order chi connectivity index (χ1) is 6.64. The molecule has 0 radical (unpaired) electrons. The Morgan fingerprint density at radius 1 is 1.14 bits per heavy atom. The van der Waals surface area contributed by atoms with Gasteiger partial charge in [-0.25, -0.2) is 0 Å². The van der Waals surface area contributed by atoms with Gasteiger partial charge < -0.3 is 5.73 Å². The van der Waals surface area contributed by atoms with E-state index in [0.717, 1.165) is 13.1 Å². The van der Waals surface area contributed by atoms with Gasteiger partial charge in [0.1, 0.15) is 0 Å². The Kier molecular flexibility index (Phi) is 7.20. The van der Waals surface area contributed by atoms with Gasteiger partial charge in [-0.15, -0.1) is 0 Å². The lowest BCUT2D eigenvalue weighted by atomic mass is 9.93. The quantitative estimate of drug-likeness (QED) is 0.652. The van der Waals surface area contributed by atoms with Gasteiger partial charge in [0, 0.05) is 12.1 Å². The van der Waals surface area contributed by atoms with Crippen molar-refractivity contribution < 1.29 is 0 Å². The van der Waals surface area contributed by atoms with Gasteiger partial charge in [-0.2, -0.15) is 0 Å². The number of hydrogen-bond donors (Lipinski definition) is 1. The van der Waals surface area contributed by atoms with E-state index in [1.807, 2.05) is 0 Å². The first-order valence-electron chi connectivity index (χ1n) is 6.09. The highest BCUT2D eigenvalue weighted by Crippen LogP contribution is 2.20. The fraction of sp³-hybridized carbons (Fsp3) is 1.00. The molecule has 0 aromatic heterocycles. The number of nitrogens with zero attached hydrogens (tertiary/aromatic N) is 1. The molecule has 0 heterocycles. The summed E-state index contributed by atoms with van der Waals surface area (Å²) in [5.41, 5.74) is 6.12. The van der Waals surface area contributed by atoms with E-state index in [0.29, 0.717) is 0 Å². The van der Waals surface area contributed by atoms with E-state index in [-0.39, 0.29) is 5.54 Å². The SMILES string of the molecule is CCCCN(CC)C(C)(CN)CCC. The maximum Gasteiger partial charge on any atom is 0.0303 e. The van der Waals surface area contributed by atoms with E-state index >= 15 is 0 Å². The molecule has 0 amide bonds. The highest BCUT2D eigenvalue weighted by Gasteiger charge is 2.27. The summed E-state index contributed by atoms with van der Waals surface area (Å²) < 4.78 is 0. The lowest BCUT2D eigenvalue weighted by molar-refractivity contribution is 0.105. The molecular formula is C12H28N2. The number of rotatable bonds is 8.